The van der Waals surface area contributed by atoms with Crippen LogP contribution in [0.4, 0.5) is 5.82 Å². The third kappa shape index (κ3) is 9.64. The van der Waals surface area contributed by atoms with Crippen LogP contribution in [0.2, 0.25) is 0 Å². The molecule has 48 heavy (non-hydrogen) atoms. The Morgan fingerprint density at radius 3 is 2.31 bits per heavy atom. The molecule has 1 aliphatic rings. The molecule has 1 amide bonds. The monoisotopic (exact) mass is 691 g/mol. The van der Waals surface area contributed by atoms with Gasteiger partial charge in [-0.1, -0.05) is 51.0 Å². The van der Waals surface area contributed by atoms with Crippen LogP contribution in [-0.2, 0) is 37.7 Å². The Morgan fingerprint density at radius 2 is 1.75 bits per heavy atom. The zero-order chi connectivity index (χ0) is 35.8. The minimum atomic E-state index is -4.41. The SMILES string of the molecule is CC(C)OC(=O)[C@H](C)NP(=O)(OC[C@H]1O[C@@H](n2ccc(NC(=O)C(C)C)nc2=O)[C@](C)(N=[N+]=[N-])[C@@H]1OC(=O)C(C)C)Oc1ccccc1. The molecule has 2 aromatic rings. The summed E-state index contributed by atoms with van der Waals surface area (Å²) in [6.07, 6.45) is -3.27. The number of nitrogens with one attached hydrogen (secondary N) is 2. The Hall–Kier alpha value is -4.27. The molecule has 2 heterocycles. The van der Waals surface area contributed by atoms with Crippen LogP contribution < -0.4 is 20.6 Å². The van der Waals surface area contributed by atoms with Crippen LogP contribution in [-0.4, -0.2) is 63.9 Å². The van der Waals surface area contributed by atoms with Gasteiger partial charge in [0.05, 0.1) is 18.6 Å². The summed E-state index contributed by atoms with van der Waals surface area (Å²) in [5.74, 6) is -2.63. The van der Waals surface area contributed by atoms with Crippen LogP contribution in [0.15, 0.2) is 52.5 Å². The maximum atomic E-state index is 14.1. The van der Waals surface area contributed by atoms with E-state index in [1.54, 1.807) is 59.7 Å². The van der Waals surface area contributed by atoms with Crippen molar-refractivity contribution in [1.29, 1.82) is 0 Å². The summed E-state index contributed by atoms with van der Waals surface area (Å²) in [7, 11) is -4.41. The lowest BCUT2D eigenvalue weighted by Gasteiger charge is -2.31. The molecule has 0 bridgehead atoms. The number of rotatable bonds is 15. The number of carbonyl (C=O) groups excluding carboxylic acids is 3. The summed E-state index contributed by atoms with van der Waals surface area (Å²) in [5, 5.41) is 8.99. The van der Waals surface area contributed by atoms with Gasteiger partial charge in [0.25, 0.3) is 0 Å². The van der Waals surface area contributed by atoms with Gasteiger partial charge in [-0.3, -0.25) is 23.5 Å². The fourth-order valence-corrected chi connectivity index (χ4v) is 5.96. The van der Waals surface area contributed by atoms with Crippen LogP contribution in [0.1, 0.15) is 61.6 Å². The summed E-state index contributed by atoms with van der Waals surface area (Å²) in [4.78, 5) is 57.7. The first-order valence-electron chi connectivity index (χ1n) is 15.3. The van der Waals surface area contributed by atoms with Gasteiger partial charge >= 0.3 is 25.4 Å². The number of azide groups is 1. The highest BCUT2D eigenvalue weighted by atomic mass is 31.2. The second kappa shape index (κ2) is 16.2. The van der Waals surface area contributed by atoms with Gasteiger partial charge in [-0.15, -0.1) is 0 Å². The van der Waals surface area contributed by atoms with Crippen molar-refractivity contribution in [3.05, 3.63) is 63.5 Å². The fraction of sp³-hybridized carbons (Fsp3) is 0.567. The van der Waals surface area contributed by atoms with Crippen molar-refractivity contribution in [2.24, 2.45) is 17.0 Å². The number of anilines is 1. The molecule has 18 heteroatoms. The van der Waals surface area contributed by atoms with E-state index >= 15 is 0 Å². The molecule has 1 aromatic heterocycles. The number of hydrogen-bond acceptors (Lipinski definition) is 12. The smallest absolute Gasteiger partial charge is 0.459 e. The van der Waals surface area contributed by atoms with E-state index in [9.17, 15) is 29.3 Å². The van der Waals surface area contributed by atoms with E-state index in [0.717, 1.165) is 4.57 Å². The number of nitrogens with zero attached hydrogens (tertiary/aromatic N) is 5. The minimum Gasteiger partial charge on any atom is -0.462 e. The zero-order valence-electron chi connectivity index (χ0n) is 28.1. The molecule has 0 radical (unpaired) electrons. The Balaban J connectivity index is 2.01. The summed E-state index contributed by atoms with van der Waals surface area (Å²) in [5.41, 5.74) is 6.92. The highest BCUT2D eigenvalue weighted by molar-refractivity contribution is 7.52. The van der Waals surface area contributed by atoms with E-state index in [1.165, 1.54) is 38.2 Å². The van der Waals surface area contributed by atoms with Crippen molar-refractivity contribution in [3.63, 3.8) is 0 Å². The van der Waals surface area contributed by atoms with E-state index in [0.29, 0.717) is 0 Å². The Morgan fingerprint density at radius 1 is 1.08 bits per heavy atom. The Kier molecular flexibility index (Phi) is 12.9. The maximum Gasteiger partial charge on any atom is 0.459 e. The minimum absolute atomic E-state index is 0.0173. The average Bonchev–Trinajstić information content (AvgIpc) is 3.26. The van der Waals surface area contributed by atoms with Crippen LogP contribution >= 0.6 is 7.75 Å². The first-order valence-corrected chi connectivity index (χ1v) is 16.8. The molecule has 6 atom stereocenters. The second-order valence-corrected chi connectivity index (χ2v) is 13.8. The lowest BCUT2D eigenvalue weighted by atomic mass is 9.92. The number of hydrogen-bond donors (Lipinski definition) is 2. The van der Waals surface area contributed by atoms with Gasteiger partial charge in [0, 0.05) is 17.0 Å². The first kappa shape index (κ1) is 38.2. The Bertz CT molecular complexity index is 1610. The third-order valence-electron chi connectivity index (χ3n) is 6.99. The molecule has 3 rings (SSSR count). The number of benzene rings is 1. The van der Waals surface area contributed by atoms with Crippen LogP contribution in [0.3, 0.4) is 0 Å². The number of ether oxygens (including phenoxy) is 3. The molecule has 17 nitrogen and oxygen atoms in total. The molecule has 1 unspecified atom stereocenters. The molecule has 1 aromatic carbocycles. The highest BCUT2D eigenvalue weighted by Crippen LogP contribution is 2.48. The zero-order valence-corrected chi connectivity index (χ0v) is 29.0. The first-order chi connectivity index (χ1) is 22.5. The molecule has 0 saturated carbocycles. The predicted octanol–water partition coefficient (Wildman–Crippen LogP) is 4.51. The molecule has 1 saturated heterocycles. The second-order valence-electron chi connectivity index (χ2n) is 12.1. The van der Waals surface area contributed by atoms with E-state index < -0.39 is 74.0 Å². The molecule has 262 valence electrons. The summed E-state index contributed by atoms with van der Waals surface area (Å²) in [6.45, 7) is 12.1. The van der Waals surface area contributed by atoms with Crippen LogP contribution in [0.25, 0.3) is 10.4 Å². The fourth-order valence-electron chi connectivity index (χ4n) is 4.46. The van der Waals surface area contributed by atoms with Gasteiger partial charge in [-0.25, -0.2) is 9.36 Å². The largest absolute Gasteiger partial charge is 0.462 e. The van der Waals surface area contributed by atoms with Crippen molar-refractivity contribution in [1.82, 2.24) is 14.6 Å². The van der Waals surface area contributed by atoms with Crippen LogP contribution in [0, 0.1) is 11.8 Å². The topological polar surface area (TPSA) is 222 Å². The van der Waals surface area contributed by atoms with E-state index in [-0.39, 0.29) is 23.4 Å². The van der Waals surface area contributed by atoms with Gasteiger partial charge in [0.15, 0.2) is 6.23 Å². The molecule has 0 aliphatic carbocycles. The number of carbonyl (C=O) groups is 3. The van der Waals surface area contributed by atoms with Crippen molar-refractivity contribution >= 4 is 31.4 Å². The number of amides is 1. The van der Waals surface area contributed by atoms with Gasteiger partial charge in [0.2, 0.25) is 5.91 Å². The quantitative estimate of drug-likeness (QED) is 0.0866. The lowest BCUT2D eigenvalue weighted by Crippen LogP contribution is -2.47. The third-order valence-corrected chi connectivity index (χ3v) is 8.63. The molecular weight excluding hydrogens is 649 g/mol. The van der Waals surface area contributed by atoms with E-state index in [2.05, 4.69) is 25.4 Å². The van der Waals surface area contributed by atoms with E-state index in [4.69, 9.17) is 23.3 Å². The summed E-state index contributed by atoms with van der Waals surface area (Å²) >= 11 is 0. The van der Waals surface area contributed by atoms with E-state index in [1.807, 2.05) is 0 Å². The molecule has 0 spiro atoms. The number of esters is 2. The van der Waals surface area contributed by atoms with Crippen LogP contribution in [0.5, 0.6) is 5.75 Å². The van der Waals surface area contributed by atoms with Crippen molar-refractivity contribution in [2.75, 3.05) is 11.9 Å². The summed E-state index contributed by atoms with van der Waals surface area (Å²) < 4.78 is 43.8. The predicted molar refractivity (Wildman–Crippen MR) is 173 cm³/mol. The van der Waals surface area contributed by atoms with Crippen molar-refractivity contribution in [2.45, 2.75) is 91.5 Å². The summed E-state index contributed by atoms with van der Waals surface area (Å²) in [6, 6.07) is 8.24. The standard InChI is InChI=1S/C30H42N7O10P/c1-17(2)25(38)32-23-14-15-37(29(41)33-23)28-30(8,35-36-31)24(46-26(39)18(3)4)22(45-28)16-43-48(42,47-21-12-10-9-11-13-21)34-20(7)27(40)44-19(5)6/h9-15,17-20,22,24,28H,16H2,1-8H3,(H,34,42)(H,32,33,38,41)/t20-,22+,24+,28+,30+,48?/m0/s1. The molecule has 2 N–H and O–H groups in total. The molecular formula is C30H42N7O10P. The van der Waals surface area contributed by atoms with Crippen molar-refractivity contribution < 1.29 is 42.2 Å². The van der Waals surface area contributed by atoms with Gasteiger partial charge in [0.1, 0.15) is 35.4 Å². The maximum absolute atomic E-state index is 14.1. The van der Waals surface area contributed by atoms with Gasteiger partial charge < -0.3 is 24.1 Å². The number of para-hydroxylation sites is 1. The molecule has 1 fully saturated rings. The lowest BCUT2D eigenvalue weighted by molar-refractivity contribution is -0.158. The van der Waals surface area contributed by atoms with Gasteiger partial charge in [-0.2, -0.15) is 10.1 Å². The van der Waals surface area contributed by atoms with Gasteiger partial charge in [-0.05, 0) is 51.4 Å². The average molecular weight is 692 g/mol. The Labute approximate surface area is 277 Å². The normalized spacial score (nSPS) is 22.4. The molecule has 1 aliphatic heterocycles. The van der Waals surface area contributed by atoms with Crippen molar-refractivity contribution in [3.8, 4) is 5.75 Å². The number of aromatic nitrogens is 2. The highest BCUT2D eigenvalue weighted by Gasteiger charge is 2.58.